The Morgan fingerprint density at radius 1 is 0.957 bits per heavy atom. The Kier molecular flexibility index (Phi) is 5.01. The molecule has 1 fully saturated rings. The van der Waals surface area contributed by atoms with E-state index in [2.05, 4.69) is 40.6 Å². The second-order valence-corrected chi connectivity index (χ2v) is 6.00. The van der Waals surface area contributed by atoms with Gasteiger partial charge in [0, 0.05) is 12.2 Å². The predicted molar refractivity (Wildman–Crippen MR) is 92.4 cm³/mol. The third-order valence-corrected chi connectivity index (χ3v) is 4.63. The topological polar surface area (TPSA) is 43.4 Å². The summed E-state index contributed by atoms with van der Waals surface area (Å²) in [6, 6.07) is 13.3. The highest BCUT2D eigenvalue weighted by molar-refractivity contribution is 5.61. The first kappa shape index (κ1) is 15.7. The van der Waals surface area contributed by atoms with E-state index in [0.717, 1.165) is 18.5 Å². The van der Waals surface area contributed by atoms with Crippen molar-refractivity contribution in [3.63, 3.8) is 0 Å². The van der Waals surface area contributed by atoms with Crippen molar-refractivity contribution in [3.05, 3.63) is 48.2 Å². The van der Waals surface area contributed by atoms with Crippen molar-refractivity contribution in [2.45, 2.75) is 37.6 Å². The van der Waals surface area contributed by atoms with Gasteiger partial charge in [-0.2, -0.15) is 0 Å². The molecule has 0 unspecified atom stereocenters. The zero-order chi connectivity index (χ0) is 16.1. The van der Waals surface area contributed by atoms with E-state index in [0.29, 0.717) is 23.6 Å². The third-order valence-electron chi connectivity index (χ3n) is 4.63. The molecule has 122 valence electrons. The molecule has 1 aliphatic rings. The van der Waals surface area contributed by atoms with Crippen molar-refractivity contribution in [1.82, 2.24) is 4.98 Å². The molecule has 0 aliphatic heterocycles. The van der Waals surface area contributed by atoms with Gasteiger partial charge in [0.2, 0.25) is 5.75 Å². The summed E-state index contributed by atoms with van der Waals surface area (Å²) in [4.78, 5) is 4.19. The zero-order valence-electron chi connectivity index (χ0n) is 13.8. The van der Waals surface area contributed by atoms with Crippen LogP contribution < -0.4 is 14.8 Å². The van der Waals surface area contributed by atoms with Gasteiger partial charge in [-0.3, -0.25) is 0 Å². The van der Waals surface area contributed by atoms with E-state index in [-0.39, 0.29) is 0 Å². The molecule has 0 amide bonds. The summed E-state index contributed by atoms with van der Waals surface area (Å²) in [5.41, 5.74) is 2.43. The van der Waals surface area contributed by atoms with Gasteiger partial charge in [-0.15, -0.1) is 0 Å². The molecule has 1 heterocycles. The van der Waals surface area contributed by atoms with Gasteiger partial charge in [-0.05, 0) is 43.2 Å². The lowest BCUT2D eigenvalue weighted by Crippen LogP contribution is -2.25. The van der Waals surface area contributed by atoms with Crippen molar-refractivity contribution in [3.8, 4) is 11.6 Å². The molecular weight excluding hydrogens is 288 g/mol. The largest absolute Gasteiger partial charge is 0.490 e. The number of benzene rings is 1. The second-order valence-electron chi connectivity index (χ2n) is 6.00. The number of methoxy groups -OCH3 is 2. The number of aromatic nitrogens is 1. The minimum atomic E-state index is 0.468. The van der Waals surface area contributed by atoms with E-state index in [1.54, 1.807) is 20.4 Å². The summed E-state index contributed by atoms with van der Waals surface area (Å²) in [5, 5.41) is 3.60. The van der Waals surface area contributed by atoms with Crippen LogP contribution in [0.3, 0.4) is 0 Å². The molecule has 0 saturated heterocycles. The number of rotatable bonds is 5. The molecule has 4 heteroatoms. The Bertz CT molecular complexity index is 623. The molecule has 0 spiro atoms. The fraction of sp³-hybridized carbons (Fsp3) is 0.421. The summed E-state index contributed by atoms with van der Waals surface area (Å²) < 4.78 is 10.7. The normalized spacial score (nSPS) is 20.8. The molecule has 1 aromatic carbocycles. The van der Waals surface area contributed by atoms with Gasteiger partial charge in [0.25, 0.3) is 5.88 Å². The van der Waals surface area contributed by atoms with E-state index in [1.165, 1.54) is 18.4 Å². The lowest BCUT2D eigenvalue weighted by Gasteiger charge is -2.30. The van der Waals surface area contributed by atoms with Crippen LogP contribution in [0.1, 0.15) is 37.2 Å². The van der Waals surface area contributed by atoms with Crippen LogP contribution in [-0.4, -0.2) is 25.2 Å². The maximum Gasteiger partial charge on any atom is 0.258 e. The van der Waals surface area contributed by atoms with Gasteiger partial charge in [0.15, 0.2) is 0 Å². The van der Waals surface area contributed by atoms with Crippen molar-refractivity contribution < 1.29 is 9.47 Å². The van der Waals surface area contributed by atoms with E-state index in [4.69, 9.17) is 9.47 Å². The first-order chi connectivity index (χ1) is 11.3. The number of nitrogens with zero attached hydrogens (tertiary/aromatic N) is 1. The highest BCUT2D eigenvalue weighted by Crippen LogP contribution is 2.37. The smallest absolute Gasteiger partial charge is 0.258 e. The molecule has 0 bridgehead atoms. The van der Waals surface area contributed by atoms with Crippen molar-refractivity contribution in [1.29, 1.82) is 0 Å². The second kappa shape index (κ2) is 7.36. The highest BCUT2D eigenvalue weighted by atomic mass is 16.5. The number of pyridine rings is 1. The summed E-state index contributed by atoms with van der Waals surface area (Å²) in [5.74, 6) is 1.89. The van der Waals surface area contributed by atoms with E-state index < -0.39 is 0 Å². The number of ether oxygens (including phenoxy) is 2. The first-order valence-electron chi connectivity index (χ1n) is 8.20. The molecular formula is C19H24N2O2. The summed E-state index contributed by atoms with van der Waals surface area (Å²) in [6.07, 6.45) is 6.50. The molecule has 23 heavy (non-hydrogen) atoms. The molecule has 1 aromatic heterocycles. The number of hydrogen-bond donors (Lipinski definition) is 1. The molecule has 3 rings (SSSR count). The lowest BCUT2D eigenvalue weighted by molar-refractivity contribution is 0.343. The minimum Gasteiger partial charge on any atom is -0.490 e. The van der Waals surface area contributed by atoms with Gasteiger partial charge in [-0.1, -0.05) is 30.3 Å². The summed E-state index contributed by atoms with van der Waals surface area (Å²) in [6.45, 7) is 0. The van der Waals surface area contributed by atoms with Crippen LogP contribution in [0.4, 0.5) is 5.69 Å². The Balaban J connectivity index is 1.63. The van der Waals surface area contributed by atoms with Gasteiger partial charge in [0.1, 0.15) is 0 Å². The van der Waals surface area contributed by atoms with E-state index in [9.17, 15) is 0 Å². The van der Waals surface area contributed by atoms with Gasteiger partial charge in [-0.25, -0.2) is 4.98 Å². The number of nitrogens with one attached hydrogen (secondary N) is 1. The fourth-order valence-electron chi connectivity index (χ4n) is 3.40. The van der Waals surface area contributed by atoms with Gasteiger partial charge >= 0.3 is 0 Å². The van der Waals surface area contributed by atoms with Crippen LogP contribution in [-0.2, 0) is 0 Å². The van der Waals surface area contributed by atoms with Gasteiger partial charge in [0.05, 0.1) is 19.9 Å². The van der Waals surface area contributed by atoms with Crippen LogP contribution in [0.5, 0.6) is 11.6 Å². The van der Waals surface area contributed by atoms with Crippen LogP contribution in [0.2, 0.25) is 0 Å². The Morgan fingerprint density at radius 3 is 2.35 bits per heavy atom. The minimum absolute atomic E-state index is 0.468. The molecule has 2 aromatic rings. The average Bonchev–Trinajstić information content (AvgIpc) is 2.63. The summed E-state index contributed by atoms with van der Waals surface area (Å²) in [7, 11) is 3.26. The molecule has 0 atom stereocenters. The van der Waals surface area contributed by atoms with Crippen molar-refractivity contribution in [2.75, 3.05) is 19.5 Å². The zero-order valence-corrected chi connectivity index (χ0v) is 13.8. The Morgan fingerprint density at radius 2 is 1.70 bits per heavy atom. The van der Waals surface area contributed by atoms with Crippen LogP contribution in [0, 0.1) is 0 Å². The Hall–Kier alpha value is -2.23. The highest BCUT2D eigenvalue weighted by Gasteiger charge is 2.23. The SMILES string of the molecule is COc1nccc(N[C@H]2CC[C@H](c3ccccc3)CC2)c1OC. The maximum absolute atomic E-state index is 5.45. The predicted octanol–water partition coefficient (Wildman–Crippen LogP) is 4.24. The average molecular weight is 312 g/mol. The number of hydrogen-bond acceptors (Lipinski definition) is 4. The maximum atomic E-state index is 5.45. The van der Waals surface area contributed by atoms with Crippen LogP contribution in [0.25, 0.3) is 0 Å². The molecule has 1 N–H and O–H groups in total. The molecule has 0 radical (unpaired) electrons. The van der Waals surface area contributed by atoms with E-state index >= 15 is 0 Å². The number of anilines is 1. The standard InChI is InChI=1S/C19H24N2O2/c1-22-18-17(12-13-20-19(18)23-2)21-16-10-8-15(9-11-16)14-6-4-3-5-7-14/h3-7,12-13,15-16H,8-11H2,1-2H3,(H,20,21)/t15-,16-. The van der Waals surface area contributed by atoms with Crippen LogP contribution in [0.15, 0.2) is 42.6 Å². The lowest BCUT2D eigenvalue weighted by atomic mass is 9.82. The summed E-state index contributed by atoms with van der Waals surface area (Å²) >= 11 is 0. The van der Waals surface area contributed by atoms with Crippen LogP contribution >= 0.6 is 0 Å². The molecule has 1 aliphatic carbocycles. The molecule has 1 saturated carbocycles. The monoisotopic (exact) mass is 312 g/mol. The first-order valence-corrected chi connectivity index (χ1v) is 8.20. The third kappa shape index (κ3) is 3.58. The quantitative estimate of drug-likeness (QED) is 0.897. The van der Waals surface area contributed by atoms with Crippen molar-refractivity contribution >= 4 is 5.69 Å². The van der Waals surface area contributed by atoms with E-state index in [1.807, 2.05) is 6.07 Å². The molecule has 4 nitrogen and oxygen atoms in total. The van der Waals surface area contributed by atoms with Gasteiger partial charge < -0.3 is 14.8 Å². The van der Waals surface area contributed by atoms with Crippen molar-refractivity contribution in [2.24, 2.45) is 0 Å². The Labute approximate surface area is 137 Å². The fourth-order valence-corrected chi connectivity index (χ4v) is 3.40.